The maximum Gasteiger partial charge on any atom is 0.263 e. The SMILES string of the molecule is CC1CC(C)CN(C(=O)CO/N=C(/N)c2ccccc2CN2CCCCC2)C1. The number of nitrogens with two attached hydrogens (primary N) is 1. The second-order valence-corrected chi connectivity index (χ2v) is 8.49. The second kappa shape index (κ2) is 9.92. The number of hydrogen-bond acceptors (Lipinski definition) is 4. The quantitative estimate of drug-likeness (QED) is 0.464. The van der Waals surface area contributed by atoms with Crippen molar-refractivity contribution in [3.63, 3.8) is 0 Å². The summed E-state index contributed by atoms with van der Waals surface area (Å²) in [7, 11) is 0. The molecule has 2 saturated heterocycles. The lowest BCUT2D eigenvalue weighted by atomic mass is 9.92. The van der Waals surface area contributed by atoms with Crippen molar-refractivity contribution < 1.29 is 9.63 Å². The third kappa shape index (κ3) is 5.71. The van der Waals surface area contributed by atoms with E-state index in [-0.39, 0.29) is 12.5 Å². The minimum Gasteiger partial charge on any atom is -0.384 e. The molecule has 2 fully saturated rings. The van der Waals surface area contributed by atoms with E-state index in [0.29, 0.717) is 17.7 Å². The third-order valence-electron chi connectivity index (χ3n) is 5.71. The van der Waals surface area contributed by atoms with Crippen molar-refractivity contribution in [1.29, 1.82) is 0 Å². The van der Waals surface area contributed by atoms with Crippen LogP contribution in [0.5, 0.6) is 0 Å². The predicted molar refractivity (Wildman–Crippen MR) is 112 cm³/mol. The minimum absolute atomic E-state index is 0.0171. The fraction of sp³-hybridized carbons (Fsp3) is 0.636. The van der Waals surface area contributed by atoms with Gasteiger partial charge in [-0.05, 0) is 49.8 Å². The summed E-state index contributed by atoms with van der Waals surface area (Å²) < 4.78 is 0. The summed E-state index contributed by atoms with van der Waals surface area (Å²) in [6.45, 7) is 9.03. The lowest BCUT2D eigenvalue weighted by Gasteiger charge is -2.34. The van der Waals surface area contributed by atoms with Gasteiger partial charge in [0.05, 0.1) is 0 Å². The van der Waals surface area contributed by atoms with Gasteiger partial charge in [0.2, 0.25) is 0 Å². The molecule has 3 rings (SSSR count). The zero-order valence-electron chi connectivity index (χ0n) is 17.3. The van der Waals surface area contributed by atoms with E-state index in [1.54, 1.807) is 0 Å². The van der Waals surface area contributed by atoms with E-state index in [2.05, 4.69) is 30.0 Å². The zero-order valence-corrected chi connectivity index (χ0v) is 17.3. The van der Waals surface area contributed by atoms with E-state index in [4.69, 9.17) is 10.6 Å². The van der Waals surface area contributed by atoms with Crippen molar-refractivity contribution in [2.75, 3.05) is 32.8 Å². The molecule has 6 nitrogen and oxygen atoms in total. The molecular weight excluding hydrogens is 352 g/mol. The van der Waals surface area contributed by atoms with Gasteiger partial charge in [0.1, 0.15) is 0 Å². The van der Waals surface area contributed by atoms with Crippen LogP contribution in [0, 0.1) is 11.8 Å². The molecule has 2 aliphatic heterocycles. The molecule has 2 N–H and O–H groups in total. The van der Waals surface area contributed by atoms with Crippen LogP contribution in [0.4, 0.5) is 0 Å². The highest BCUT2D eigenvalue weighted by Crippen LogP contribution is 2.21. The monoisotopic (exact) mass is 386 g/mol. The summed E-state index contributed by atoms with van der Waals surface area (Å²) in [5, 5.41) is 4.05. The lowest BCUT2D eigenvalue weighted by Crippen LogP contribution is -2.44. The van der Waals surface area contributed by atoms with E-state index < -0.39 is 0 Å². The Morgan fingerprint density at radius 2 is 1.82 bits per heavy atom. The van der Waals surface area contributed by atoms with Gasteiger partial charge in [-0.15, -0.1) is 0 Å². The van der Waals surface area contributed by atoms with Crippen LogP contribution >= 0.6 is 0 Å². The molecule has 0 spiro atoms. The Kier molecular flexibility index (Phi) is 7.31. The summed E-state index contributed by atoms with van der Waals surface area (Å²) >= 11 is 0. The summed E-state index contributed by atoms with van der Waals surface area (Å²) in [6.07, 6.45) is 5.00. The average Bonchev–Trinajstić information content (AvgIpc) is 2.68. The third-order valence-corrected chi connectivity index (χ3v) is 5.71. The van der Waals surface area contributed by atoms with Crippen LogP contribution in [0.2, 0.25) is 0 Å². The van der Waals surface area contributed by atoms with Crippen molar-refractivity contribution in [3.05, 3.63) is 35.4 Å². The summed E-state index contributed by atoms with van der Waals surface area (Å²) in [5.74, 6) is 1.38. The first-order valence-corrected chi connectivity index (χ1v) is 10.6. The Morgan fingerprint density at radius 3 is 2.54 bits per heavy atom. The maximum atomic E-state index is 12.4. The van der Waals surface area contributed by atoms with Gasteiger partial charge in [0, 0.05) is 25.2 Å². The van der Waals surface area contributed by atoms with Crippen molar-refractivity contribution in [3.8, 4) is 0 Å². The molecule has 2 aliphatic rings. The molecule has 0 bridgehead atoms. The van der Waals surface area contributed by atoms with Gasteiger partial charge in [-0.3, -0.25) is 9.69 Å². The number of amides is 1. The Balaban J connectivity index is 1.56. The van der Waals surface area contributed by atoms with Gasteiger partial charge < -0.3 is 15.5 Å². The van der Waals surface area contributed by atoms with Crippen LogP contribution in [-0.2, 0) is 16.2 Å². The van der Waals surface area contributed by atoms with E-state index in [0.717, 1.165) is 43.9 Å². The standard InChI is InChI=1S/C22H34N4O2/c1-17-12-18(2)14-26(13-17)21(27)16-28-24-22(23)20-9-5-4-8-19(20)15-25-10-6-3-7-11-25/h4-5,8-9,17-18H,3,6-7,10-16H2,1-2H3,(H2,23,24). The fourth-order valence-electron chi connectivity index (χ4n) is 4.43. The molecule has 28 heavy (non-hydrogen) atoms. The lowest BCUT2D eigenvalue weighted by molar-refractivity contribution is -0.138. The first kappa shape index (κ1) is 20.6. The highest BCUT2D eigenvalue weighted by atomic mass is 16.6. The number of amidine groups is 1. The van der Waals surface area contributed by atoms with E-state index in [9.17, 15) is 4.79 Å². The number of oxime groups is 1. The number of hydrogen-bond donors (Lipinski definition) is 1. The number of likely N-dealkylation sites (tertiary alicyclic amines) is 2. The van der Waals surface area contributed by atoms with Gasteiger partial charge in [-0.1, -0.05) is 49.7 Å². The van der Waals surface area contributed by atoms with Gasteiger partial charge in [0.25, 0.3) is 5.91 Å². The molecule has 6 heteroatoms. The average molecular weight is 387 g/mol. The van der Waals surface area contributed by atoms with Crippen LogP contribution < -0.4 is 5.73 Å². The van der Waals surface area contributed by atoms with E-state index in [1.807, 2.05) is 23.1 Å². The fourth-order valence-corrected chi connectivity index (χ4v) is 4.43. The molecule has 0 radical (unpaired) electrons. The highest BCUT2D eigenvalue weighted by Gasteiger charge is 2.25. The number of carbonyl (C=O) groups excluding carboxylic acids is 1. The molecule has 154 valence electrons. The van der Waals surface area contributed by atoms with Crippen LogP contribution in [0.3, 0.4) is 0 Å². The second-order valence-electron chi connectivity index (χ2n) is 8.49. The van der Waals surface area contributed by atoms with Gasteiger partial charge in [0.15, 0.2) is 12.4 Å². The van der Waals surface area contributed by atoms with Crippen LogP contribution in [0.1, 0.15) is 50.7 Å². The van der Waals surface area contributed by atoms with Crippen molar-refractivity contribution >= 4 is 11.7 Å². The topological polar surface area (TPSA) is 71.2 Å². The first-order chi connectivity index (χ1) is 13.5. The van der Waals surface area contributed by atoms with E-state index >= 15 is 0 Å². The van der Waals surface area contributed by atoms with Crippen LogP contribution in [-0.4, -0.2) is 54.3 Å². The Morgan fingerprint density at radius 1 is 1.14 bits per heavy atom. The molecule has 1 aromatic carbocycles. The van der Waals surface area contributed by atoms with E-state index in [1.165, 1.54) is 25.7 Å². The number of rotatable bonds is 6. The normalized spacial score (nSPS) is 24.2. The highest BCUT2D eigenvalue weighted by molar-refractivity contribution is 5.98. The first-order valence-electron chi connectivity index (χ1n) is 10.6. The Labute approximate surface area is 168 Å². The van der Waals surface area contributed by atoms with Crippen molar-refractivity contribution in [2.24, 2.45) is 22.7 Å². The molecule has 2 unspecified atom stereocenters. The molecule has 0 aliphatic carbocycles. The number of nitrogens with zero attached hydrogens (tertiary/aromatic N) is 3. The van der Waals surface area contributed by atoms with Gasteiger partial charge >= 0.3 is 0 Å². The summed E-state index contributed by atoms with van der Waals surface area (Å²) in [4.78, 5) is 22.1. The largest absolute Gasteiger partial charge is 0.384 e. The smallest absolute Gasteiger partial charge is 0.263 e. The molecule has 0 saturated carbocycles. The maximum absolute atomic E-state index is 12.4. The molecular formula is C22H34N4O2. The minimum atomic E-state index is -0.0611. The Hall–Kier alpha value is -2.08. The zero-order chi connectivity index (χ0) is 19.9. The summed E-state index contributed by atoms with van der Waals surface area (Å²) in [6, 6.07) is 8.05. The molecule has 1 aromatic rings. The Bertz CT molecular complexity index is 675. The number of piperidine rings is 2. The van der Waals surface area contributed by atoms with Crippen molar-refractivity contribution in [1.82, 2.24) is 9.80 Å². The van der Waals surface area contributed by atoms with Crippen LogP contribution in [0.25, 0.3) is 0 Å². The predicted octanol–water partition coefficient (Wildman–Crippen LogP) is 2.81. The number of carbonyl (C=O) groups is 1. The number of benzene rings is 1. The molecule has 2 heterocycles. The van der Waals surface area contributed by atoms with Gasteiger partial charge in [-0.2, -0.15) is 0 Å². The molecule has 2 atom stereocenters. The molecule has 0 aromatic heterocycles. The molecule has 1 amide bonds. The summed E-state index contributed by atoms with van der Waals surface area (Å²) in [5.41, 5.74) is 8.23. The van der Waals surface area contributed by atoms with Gasteiger partial charge in [-0.25, -0.2) is 0 Å². The van der Waals surface area contributed by atoms with Crippen molar-refractivity contribution in [2.45, 2.75) is 46.1 Å². The van der Waals surface area contributed by atoms with Crippen LogP contribution in [0.15, 0.2) is 29.4 Å².